The number of likely N-dealkylation sites (tertiary alicyclic amines) is 1. The normalized spacial score (nSPS) is 21.5. The van der Waals surface area contributed by atoms with Gasteiger partial charge in [0.25, 0.3) is 0 Å². The van der Waals surface area contributed by atoms with Crippen LogP contribution in [0, 0.1) is 17.2 Å². The van der Waals surface area contributed by atoms with Crippen molar-refractivity contribution < 1.29 is 18.8 Å². The minimum absolute atomic E-state index is 0.0977. The van der Waals surface area contributed by atoms with E-state index in [2.05, 4.69) is 34.4 Å². The molecule has 1 aromatic carbocycles. The van der Waals surface area contributed by atoms with Gasteiger partial charge in [-0.05, 0) is 69.4 Å². The number of hydrogen-bond donors (Lipinski definition) is 3. The first kappa shape index (κ1) is 26.1. The van der Waals surface area contributed by atoms with E-state index >= 15 is 0 Å². The molecule has 3 atom stereocenters. The molecule has 196 valence electrons. The molecule has 0 spiro atoms. The zero-order valence-electron chi connectivity index (χ0n) is 21.7. The second-order valence-electron chi connectivity index (χ2n) is 11.4. The number of aromatic amines is 1. The first-order valence-electron chi connectivity index (χ1n) is 13.1. The van der Waals surface area contributed by atoms with Crippen molar-refractivity contribution in [2.45, 2.75) is 90.8 Å². The van der Waals surface area contributed by atoms with Gasteiger partial charge in [0.05, 0.1) is 18.0 Å². The highest BCUT2D eigenvalue weighted by Gasteiger charge is 2.38. The van der Waals surface area contributed by atoms with Gasteiger partial charge in [-0.3, -0.25) is 14.4 Å². The van der Waals surface area contributed by atoms with Crippen LogP contribution >= 0.6 is 0 Å². The van der Waals surface area contributed by atoms with E-state index in [9.17, 15) is 18.8 Å². The average molecular weight is 500 g/mol. The minimum atomic E-state index is -0.990. The van der Waals surface area contributed by atoms with E-state index in [0.29, 0.717) is 30.2 Å². The Morgan fingerprint density at radius 3 is 2.64 bits per heavy atom. The Morgan fingerprint density at radius 2 is 1.97 bits per heavy atom. The summed E-state index contributed by atoms with van der Waals surface area (Å²) in [6, 6.07) is 3.19. The quantitative estimate of drug-likeness (QED) is 0.511. The Morgan fingerprint density at radius 1 is 1.22 bits per heavy atom. The molecule has 1 aliphatic carbocycles. The number of nitrogens with one attached hydrogen (secondary N) is 3. The van der Waals surface area contributed by atoms with E-state index in [1.165, 1.54) is 6.07 Å². The highest BCUT2D eigenvalue weighted by Crippen LogP contribution is 2.46. The van der Waals surface area contributed by atoms with Gasteiger partial charge < -0.3 is 20.5 Å². The summed E-state index contributed by atoms with van der Waals surface area (Å²) in [4.78, 5) is 48.4. The predicted octanol–water partition coefficient (Wildman–Crippen LogP) is 3.98. The number of benzene rings is 1. The highest BCUT2D eigenvalue weighted by molar-refractivity contribution is 5.92. The van der Waals surface area contributed by atoms with Crippen molar-refractivity contribution in [3.05, 3.63) is 29.8 Å². The second kappa shape index (κ2) is 10.6. The molecular formula is C27H38FN5O3. The number of carbonyl (C=O) groups excluding carboxylic acids is 3. The third-order valence-corrected chi connectivity index (χ3v) is 7.56. The number of H-pyrrole nitrogens is 1. The van der Waals surface area contributed by atoms with Gasteiger partial charge in [-0.15, -0.1) is 0 Å². The topological polar surface area (TPSA) is 107 Å². The number of halogens is 1. The van der Waals surface area contributed by atoms with Crippen LogP contribution in [0.5, 0.6) is 0 Å². The standard InChI is InChI=1S/C27H38FN5O3/c1-16-8-5-6-11-33(16)23(35)13-21(30-22(34)12-18-14-27(3,4)15-18)26(36)29-17(2)25-31-20-10-7-9-19(28)24(20)32-25/h7,9-10,16-18,21H,5-6,8,11-15H2,1-4H3,(H,29,36)(H,30,34)(H,31,32)/t16-,17+,21-/m0/s1. The molecule has 0 bridgehead atoms. The fourth-order valence-corrected chi connectivity index (χ4v) is 5.74. The van der Waals surface area contributed by atoms with Crippen molar-refractivity contribution in [1.82, 2.24) is 25.5 Å². The van der Waals surface area contributed by atoms with Crippen molar-refractivity contribution >= 4 is 28.8 Å². The molecule has 1 saturated heterocycles. The number of piperidine rings is 1. The summed E-state index contributed by atoms with van der Waals surface area (Å²) in [5.74, 6) is -0.547. The van der Waals surface area contributed by atoms with Gasteiger partial charge in [0.2, 0.25) is 17.7 Å². The van der Waals surface area contributed by atoms with Crippen LogP contribution in [0.15, 0.2) is 18.2 Å². The molecule has 2 heterocycles. The molecule has 4 rings (SSSR count). The van der Waals surface area contributed by atoms with Gasteiger partial charge in [-0.1, -0.05) is 19.9 Å². The van der Waals surface area contributed by atoms with Crippen molar-refractivity contribution in [3.63, 3.8) is 0 Å². The van der Waals surface area contributed by atoms with Crippen LogP contribution in [0.25, 0.3) is 11.0 Å². The monoisotopic (exact) mass is 499 g/mol. The maximum atomic E-state index is 14.1. The van der Waals surface area contributed by atoms with Crippen LogP contribution in [0.1, 0.15) is 84.5 Å². The Hall–Kier alpha value is -2.97. The number of fused-ring (bicyclic) bond motifs is 1. The van der Waals surface area contributed by atoms with E-state index in [-0.39, 0.29) is 35.2 Å². The summed E-state index contributed by atoms with van der Waals surface area (Å²) in [6.45, 7) is 8.78. The number of para-hydroxylation sites is 1. The predicted molar refractivity (Wildman–Crippen MR) is 135 cm³/mol. The van der Waals surface area contributed by atoms with Crippen molar-refractivity contribution in [2.75, 3.05) is 6.54 Å². The molecule has 1 saturated carbocycles. The number of imidazole rings is 1. The fourth-order valence-electron chi connectivity index (χ4n) is 5.74. The Balaban J connectivity index is 1.44. The third kappa shape index (κ3) is 6.05. The SMILES string of the molecule is C[C@@H](NC(=O)[C@H](CC(=O)N1CCCC[C@@H]1C)NC(=O)CC1CC(C)(C)C1)c1nc2c(F)cccc2[nH]1. The number of carbonyl (C=O) groups is 3. The van der Waals surface area contributed by atoms with Crippen molar-refractivity contribution in [2.24, 2.45) is 11.3 Å². The summed E-state index contributed by atoms with van der Waals surface area (Å²) < 4.78 is 14.1. The minimum Gasteiger partial charge on any atom is -0.345 e. The van der Waals surface area contributed by atoms with Crippen molar-refractivity contribution in [3.8, 4) is 0 Å². The molecule has 2 aromatic rings. The lowest BCUT2D eigenvalue weighted by molar-refractivity contribution is -0.139. The van der Waals surface area contributed by atoms with Crippen LogP contribution in [-0.2, 0) is 14.4 Å². The van der Waals surface area contributed by atoms with Gasteiger partial charge in [0.1, 0.15) is 17.4 Å². The zero-order chi connectivity index (χ0) is 26.0. The van der Waals surface area contributed by atoms with E-state index in [1.807, 2.05) is 11.8 Å². The van der Waals surface area contributed by atoms with Gasteiger partial charge in [-0.2, -0.15) is 0 Å². The average Bonchev–Trinajstić information content (AvgIpc) is 3.23. The molecule has 1 aromatic heterocycles. The maximum absolute atomic E-state index is 14.1. The summed E-state index contributed by atoms with van der Waals surface area (Å²) in [5, 5.41) is 5.69. The molecular weight excluding hydrogens is 461 g/mol. The first-order valence-corrected chi connectivity index (χ1v) is 13.1. The van der Waals surface area contributed by atoms with Gasteiger partial charge in [0.15, 0.2) is 5.82 Å². The summed E-state index contributed by atoms with van der Waals surface area (Å²) in [5.41, 5.74) is 0.994. The van der Waals surface area contributed by atoms with Crippen molar-refractivity contribution in [1.29, 1.82) is 0 Å². The largest absolute Gasteiger partial charge is 0.345 e. The van der Waals surface area contributed by atoms with Crippen LogP contribution < -0.4 is 10.6 Å². The molecule has 1 aliphatic heterocycles. The smallest absolute Gasteiger partial charge is 0.243 e. The number of rotatable bonds is 8. The Bertz CT molecular complexity index is 1120. The van der Waals surface area contributed by atoms with Gasteiger partial charge >= 0.3 is 0 Å². The number of aromatic nitrogens is 2. The molecule has 36 heavy (non-hydrogen) atoms. The van der Waals surface area contributed by atoms with Crippen LogP contribution in [0.2, 0.25) is 0 Å². The number of amides is 3. The molecule has 2 aliphatic rings. The second-order valence-corrected chi connectivity index (χ2v) is 11.4. The first-order chi connectivity index (χ1) is 17.0. The third-order valence-electron chi connectivity index (χ3n) is 7.56. The van der Waals surface area contributed by atoms with Gasteiger partial charge in [-0.25, -0.2) is 9.37 Å². The molecule has 0 unspecified atom stereocenters. The van der Waals surface area contributed by atoms with Crippen LogP contribution in [0.4, 0.5) is 4.39 Å². The Kier molecular flexibility index (Phi) is 7.66. The van der Waals surface area contributed by atoms with E-state index in [0.717, 1.165) is 32.1 Å². The van der Waals surface area contributed by atoms with E-state index in [1.54, 1.807) is 19.1 Å². The molecule has 3 N–H and O–H groups in total. The maximum Gasteiger partial charge on any atom is 0.243 e. The lowest BCUT2D eigenvalue weighted by atomic mass is 9.63. The number of hydrogen-bond acceptors (Lipinski definition) is 4. The van der Waals surface area contributed by atoms with Crippen LogP contribution in [0.3, 0.4) is 0 Å². The lowest BCUT2D eigenvalue weighted by Gasteiger charge is -2.42. The van der Waals surface area contributed by atoms with Crippen LogP contribution in [-0.4, -0.2) is 51.2 Å². The Labute approximate surface area is 211 Å². The molecule has 0 radical (unpaired) electrons. The molecule has 2 fully saturated rings. The fraction of sp³-hybridized carbons (Fsp3) is 0.630. The molecule has 3 amide bonds. The van der Waals surface area contributed by atoms with Gasteiger partial charge in [0, 0.05) is 19.0 Å². The molecule has 8 nitrogen and oxygen atoms in total. The summed E-state index contributed by atoms with van der Waals surface area (Å²) in [6.07, 6.45) is 5.16. The summed E-state index contributed by atoms with van der Waals surface area (Å²) in [7, 11) is 0. The van der Waals surface area contributed by atoms with E-state index in [4.69, 9.17) is 0 Å². The number of nitrogens with zero attached hydrogens (tertiary/aromatic N) is 2. The summed E-state index contributed by atoms with van der Waals surface area (Å²) >= 11 is 0. The highest BCUT2D eigenvalue weighted by atomic mass is 19.1. The lowest BCUT2D eigenvalue weighted by Crippen LogP contribution is -2.52. The molecule has 9 heteroatoms. The zero-order valence-corrected chi connectivity index (χ0v) is 21.7. The van der Waals surface area contributed by atoms with E-state index < -0.39 is 23.8 Å².